The lowest BCUT2D eigenvalue weighted by atomic mass is 10.00. The maximum atomic E-state index is 11.5. The van der Waals surface area contributed by atoms with Crippen LogP contribution in [0, 0.1) is 5.92 Å². The van der Waals surface area contributed by atoms with E-state index in [0.29, 0.717) is 6.42 Å². The van der Waals surface area contributed by atoms with Gasteiger partial charge in [-0.2, -0.15) is 0 Å². The first kappa shape index (κ1) is 10.6. The molecule has 0 saturated heterocycles. The Kier molecular flexibility index (Phi) is 3.57. The molecule has 0 amide bonds. The molecular weight excluding hydrogens is 176 g/mol. The van der Waals surface area contributed by atoms with Gasteiger partial charge >= 0.3 is 0 Å². The number of carbonyl (C=O) groups excluding carboxylic acids is 2. The van der Waals surface area contributed by atoms with Gasteiger partial charge in [0.05, 0.1) is 0 Å². The van der Waals surface area contributed by atoms with Crippen molar-refractivity contribution in [3.8, 4) is 0 Å². The summed E-state index contributed by atoms with van der Waals surface area (Å²) in [6.45, 7) is 3.75. The van der Waals surface area contributed by atoms with Gasteiger partial charge in [0.2, 0.25) is 0 Å². The predicted octanol–water partition coefficient (Wildman–Crippen LogP) is 2.27. The summed E-state index contributed by atoms with van der Waals surface area (Å²) < 4.78 is 0. The Hall–Kier alpha value is -1.44. The molecule has 0 aliphatic rings. The third kappa shape index (κ3) is 2.52. The van der Waals surface area contributed by atoms with Crippen LogP contribution in [0.1, 0.15) is 29.8 Å². The summed E-state index contributed by atoms with van der Waals surface area (Å²) >= 11 is 0. The summed E-state index contributed by atoms with van der Waals surface area (Å²) in [5.74, 6) is 0.162. The maximum Gasteiger partial charge on any atom is 0.165 e. The maximum absolute atomic E-state index is 11.5. The Morgan fingerprint density at radius 1 is 1.29 bits per heavy atom. The van der Waals surface area contributed by atoms with Crippen molar-refractivity contribution in [1.29, 1.82) is 0 Å². The molecule has 0 saturated carbocycles. The van der Waals surface area contributed by atoms with E-state index in [1.807, 2.05) is 26.0 Å². The van der Waals surface area contributed by atoms with E-state index in [2.05, 4.69) is 0 Å². The second-order valence-electron chi connectivity index (χ2n) is 3.59. The van der Waals surface area contributed by atoms with Crippen LogP contribution in [-0.2, 0) is 11.2 Å². The minimum atomic E-state index is 0.0203. The number of rotatable bonds is 4. The van der Waals surface area contributed by atoms with E-state index in [1.165, 1.54) is 0 Å². The fraction of sp³-hybridized carbons (Fsp3) is 0.333. The molecule has 2 heteroatoms. The first-order valence-electron chi connectivity index (χ1n) is 4.72. The van der Waals surface area contributed by atoms with Gasteiger partial charge in [0, 0.05) is 17.9 Å². The van der Waals surface area contributed by atoms with Gasteiger partial charge in [0.25, 0.3) is 0 Å². The van der Waals surface area contributed by atoms with Gasteiger partial charge < -0.3 is 4.79 Å². The van der Waals surface area contributed by atoms with Crippen LogP contribution < -0.4 is 0 Å². The average molecular weight is 190 g/mol. The van der Waals surface area contributed by atoms with Crippen molar-refractivity contribution in [2.24, 2.45) is 5.92 Å². The average Bonchev–Trinajstić information content (AvgIpc) is 2.18. The highest BCUT2D eigenvalue weighted by Gasteiger charge is 2.09. The first-order valence-corrected chi connectivity index (χ1v) is 4.72. The molecule has 2 nitrogen and oxygen atoms in total. The zero-order chi connectivity index (χ0) is 10.6. The molecule has 1 rings (SSSR count). The van der Waals surface area contributed by atoms with E-state index >= 15 is 0 Å². The highest BCUT2D eigenvalue weighted by atomic mass is 16.1. The first-order chi connectivity index (χ1) is 6.65. The van der Waals surface area contributed by atoms with Crippen molar-refractivity contribution in [2.75, 3.05) is 0 Å². The molecule has 0 spiro atoms. The third-order valence-electron chi connectivity index (χ3n) is 2.08. The lowest BCUT2D eigenvalue weighted by Gasteiger charge is -2.04. The summed E-state index contributed by atoms with van der Waals surface area (Å²) in [5, 5.41) is 0. The van der Waals surface area contributed by atoms with Gasteiger partial charge in [-0.1, -0.05) is 38.1 Å². The molecule has 1 aromatic carbocycles. The molecule has 1 aromatic rings. The van der Waals surface area contributed by atoms with Gasteiger partial charge in [-0.15, -0.1) is 0 Å². The minimum Gasteiger partial charge on any atom is -0.303 e. The standard InChI is InChI=1S/C12H14O2/c1-9(2)12(14)11-5-3-10(4-6-11)7-8-13/h3-6,8-9H,7H2,1-2H3. The van der Waals surface area contributed by atoms with Crippen LogP contribution in [-0.4, -0.2) is 12.1 Å². The molecule has 0 aliphatic heterocycles. The van der Waals surface area contributed by atoms with E-state index in [1.54, 1.807) is 12.1 Å². The van der Waals surface area contributed by atoms with Crippen LogP contribution >= 0.6 is 0 Å². The van der Waals surface area contributed by atoms with Gasteiger partial charge in [0.15, 0.2) is 5.78 Å². The van der Waals surface area contributed by atoms with Crippen molar-refractivity contribution in [3.63, 3.8) is 0 Å². The summed E-state index contributed by atoms with van der Waals surface area (Å²) in [4.78, 5) is 21.8. The lowest BCUT2D eigenvalue weighted by molar-refractivity contribution is -0.107. The van der Waals surface area contributed by atoms with Crippen molar-refractivity contribution < 1.29 is 9.59 Å². The smallest absolute Gasteiger partial charge is 0.165 e. The number of hydrogen-bond acceptors (Lipinski definition) is 2. The Morgan fingerprint density at radius 2 is 1.86 bits per heavy atom. The lowest BCUT2D eigenvalue weighted by Crippen LogP contribution is -2.07. The van der Waals surface area contributed by atoms with E-state index < -0.39 is 0 Å². The molecule has 0 fully saturated rings. The quantitative estimate of drug-likeness (QED) is 0.539. The summed E-state index contributed by atoms with van der Waals surface area (Å²) in [6, 6.07) is 7.20. The van der Waals surface area contributed by atoms with Gasteiger partial charge in [-0.05, 0) is 5.56 Å². The Balaban J connectivity index is 2.82. The minimum absolute atomic E-state index is 0.0203. The van der Waals surface area contributed by atoms with Crippen LogP contribution in [0.2, 0.25) is 0 Å². The van der Waals surface area contributed by atoms with Gasteiger partial charge in [0.1, 0.15) is 6.29 Å². The highest BCUT2D eigenvalue weighted by molar-refractivity contribution is 5.97. The second kappa shape index (κ2) is 4.70. The van der Waals surface area contributed by atoms with Gasteiger partial charge in [-0.3, -0.25) is 4.79 Å². The molecule has 0 aromatic heterocycles. The topological polar surface area (TPSA) is 34.1 Å². The van der Waals surface area contributed by atoms with Crippen LogP contribution in [0.3, 0.4) is 0 Å². The molecule has 74 valence electrons. The zero-order valence-corrected chi connectivity index (χ0v) is 8.49. The Labute approximate surface area is 83.9 Å². The molecular formula is C12H14O2. The molecule has 0 N–H and O–H groups in total. The monoisotopic (exact) mass is 190 g/mol. The SMILES string of the molecule is CC(C)C(=O)c1ccc(CC=O)cc1. The number of hydrogen-bond donors (Lipinski definition) is 0. The van der Waals surface area contributed by atoms with E-state index in [-0.39, 0.29) is 11.7 Å². The number of benzene rings is 1. The fourth-order valence-electron chi connectivity index (χ4n) is 1.23. The zero-order valence-electron chi connectivity index (χ0n) is 8.49. The number of carbonyl (C=O) groups is 2. The predicted molar refractivity (Wildman–Crippen MR) is 55.4 cm³/mol. The molecule has 0 radical (unpaired) electrons. The molecule has 0 aliphatic carbocycles. The fourth-order valence-corrected chi connectivity index (χ4v) is 1.23. The van der Waals surface area contributed by atoms with Crippen molar-refractivity contribution in [2.45, 2.75) is 20.3 Å². The molecule has 0 unspecified atom stereocenters. The highest BCUT2D eigenvalue weighted by Crippen LogP contribution is 2.09. The summed E-state index contributed by atoms with van der Waals surface area (Å²) in [6.07, 6.45) is 1.27. The Bertz CT molecular complexity index is 323. The van der Waals surface area contributed by atoms with E-state index in [4.69, 9.17) is 0 Å². The summed E-state index contributed by atoms with van der Waals surface area (Å²) in [5.41, 5.74) is 1.66. The molecule has 0 bridgehead atoms. The van der Waals surface area contributed by atoms with Crippen molar-refractivity contribution >= 4 is 12.1 Å². The molecule has 0 atom stereocenters. The van der Waals surface area contributed by atoms with Crippen LogP contribution in [0.15, 0.2) is 24.3 Å². The van der Waals surface area contributed by atoms with Gasteiger partial charge in [-0.25, -0.2) is 0 Å². The largest absolute Gasteiger partial charge is 0.303 e. The van der Waals surface area contributed by atoms with Crippen molar-refractivity contribution in [1.82, 2.24) is 0 Å². The number of aldehydes is 1. The van der Waals surface area contributed by atoms with E-state index in [0.717, 1.165) is 17.4 Å². The van der Waals surface area contributed by atoms with Crippen LogP contribution in [0.25, 0.3) is 0 Å². The van der Waals surface area contributed by atoms with E-state index in [9.17, 15) is 9.59 Å². The number of ketones is 1. The summed E-state index contributed by atoms with van der Waals surface area (Å²) in [7, 11) is 0. The third-order valence-corrected chi connectivity index (χ3v) is 2.08. The molecule has 0 heterocycles. The molecule has 14 heavy (non-hydrogen) atoms. The normalized spacial score (nSPS) is 10.2. The second-order valence-corrected chi connectivity index (χ2v) is 3.59. The van der Waals surface area contributed by atoms with Crippen LogP contribution in [0.4, 0.5) is 0 Å². The van der Waals surface area contributed by atoms with Crippen LogP contribution in [0.5, 0.6) is 0 Å². The van der Waals surface area contributed by atoms with Crippen molar-refractivity contribution in [3.05, 3.63) is 35.4 Å². The Morgan fingerprint density at radius 3 is 2.29 bits per heavy atom. The number of Topliss-reactive ketones (excluding diaryl/α,β-unsaturated/α-hetero) is 1.